The molecule has 32 heavy (non-hydrogen) atoms. The largest absolute Gasteiger partial charge is 0.478 e. The smallest absolute Gasteiger partial charge is 0.254 e. The van der Waals surface area contributed by atoms with Crippen molar-refractivity contribution in [3.05, 3.63) is 34.2 Å². The Balaban J connectivity index is 1.66. The van der Waals surface area contributed by atoms with E-state index in [9.17, 15) is 4.79 Å². The van der Waals surface area contributed by atoms with Crippen molar-refractivity contribution in [2.75, 3.05) is 33.0 Å². The second-order valence-electron chi connectivity index (χ2n) is 7.50. The number of carbonyl (C=O) groups excluding carboxylic acids is 1. The minimum atomic E-state index is -0.607. The van der Waals surface area contributed by atoms with E-state index < -0.39 is 6.10 Å². The van der Waals surface area contributed by atoms with Crippen LogP contribution in [0.3, 0.4) is 0 Å². The van der Waals surface area contributed by atoms with Crippen LogP contribution < -0.4 is 4.74 Å². The summed E-state index contributed by atoms with van der Waals surface area (Å²) in [5.74, 6) is 0.348. The maximum absolute atomic E-state index is 13.1. The Morgan fingerprint density at radius 1 is 1.38 bits per heavy atom. The molecule has 0 spiro atoms. The zero-order valence-electron chi connectivity index (χ0n) is 16.9. The number of rotatable bonds is 4. The van der Waals surface area contributed by atoms with Crippen LogP contribution in [-0.4, -0.2) is 64.6 Å². The lowest BCUT2D eigenvalue weighted by Gasteiger charge is -2.33. The summed E-state index contributed by atoms with van der Waals surface area (Å²) in [6, 6.07) is 3.61. The van der Waals surface area contributed by atoms with Crippen molar-refractivity contribution < 1.29 is 19.0 Å². The molecule has 0 radical (unpaired) electrons. The van der Waals surface area contributed by atoms with Crippen LogP contribution in [0.5, 0.6) is 5.75 Å². The highest BCUT2D eigenvalue weighted by Crippen LogP contribution is 2.47. The van der Waals surface area contributed by atoms with Gasteiger partial charge < -0.3 is 23.7 Å². The summed E-state index contributed by atoms with van der Waals surface area (Å²) in [4.78, 5) is 14.9. The minimum absolute atomic E-state index is 0.107. The van der Waals surface area contributed by atoms with Gasteiger partial charge in [0.2, 0.25) is 0 Å². The summed E-state index contributed by atoms with van der Waals surface area (Å²) >= 11 is 13.1. The average Bonchev–Trinajstić information content (AvgIpc) is 3.46. The van der Waals surface area contributed by atoms with Gasteiger partial charge in [-0.25, -0.2) is 0 Å². The van der Waals surface area contributed by atoms with E-state index in [2.05, 4.69) is 14.8 Å². The van der Waals surface area contributed by atoms with Gasteiger partial charge in [0.1, 0.15) is 11.8 Å². The van der Waals surface area contributed by atoms with Crippen molar-refractivity contribution in [2.45, 2.75) is 19.2 Å². The molecule has 1 amide bonds. The predicted octanol–water partition coefficient (Wildman–Crippen LogP) is 3.00. The number of ether oxygens (including phenoxy) is 3. The van der Waals surface area contributed by atoms with Gasteiger partial charge in [-0.15, -0.1) is 0 Å². The molecule has 0 bridgehead atoms. The van der Waals surface area contributed by atoms with Crippen LogP contribution in [-0.2, 0) is 27.4 Å². The molecule has 2 aromatic heterocycles. The molecule has 5 rings (SSSR count). The van der Waals surface area contributed by atoms with Gasteiger partial charge in [0.15, 0.2) is 12.7 Å². The third-order valence-electron chi connectivity index (χ3n) is 5.71. The summed E-state index contributed by atoms with van der Waals surface area (Å²) in [7, 11) is 0. The number of fused-ring (bicyclic) bond motifs is 3. The lowest BCUT2D eigenvalue weighted by Crippen LogP contribution is -2.47. The fourth-order valence-electron chi connectivity index (χ4n) is 4.34. The number of hydrogen-bond donors (Lipinski definition) is 1. The molecule has 0 saturated carbocycles. The molecule has 1 atom stereocenters. The number of aromatic nitrogens is 3. The van der Waals surface area contributed by atoms with E-state index in [0.29, 0.717) is 54.2 Å². The maximum atomic E-state index is 13.1. The Morgan fingerprint density at radius 3 is 2.97 bits per heavy atom. The molecule has 1 fully saturated rings. The number of carbonyl (C=O) groups is 1. The van der Waals surface area contributed by atoms with Gasteiger partial charge in [0.05, 0.1) is 53.5 Å². The van der Waals surface area contributed by atoms with Crippen molar-refractivity contribution in [1.29, 1.82) is 5.26 Å². The van der Waals surface area contributed by atoms with E-state index in [1.165, 1.54) is 0 Å². The quantitative estimate of drug-likeness (QED) is 0.621. The van der Waals surface area contributed by atoms with Gasteiger partial charge in [-0.05, 0) is 0 Å². The number of aromatic amines is 1. The molecule has 1 saturated heterocycles. The van der Waals surface area contributed by atoms with E-state index in [4.69, 9.17) is 42.7 Å². The highest BCUT2D eigenvalue weighted by molar-refractivity contribution is 6.45. The molecule has 3 aromatic rings. The van der Waals surface area contributed by atoms with Crippen LogP contribution >= 0.6 is 23.2 Å². The van der Waals surface area contributed by atoms with Crippen LogP contribution in [0, 0.1) is 11.3 Å². The fourth-order valence-corrected chi connectivity index (χ4v) is 4.78. The number of nitrogens with one attached hydrogen (secondary N) is 1. The first kappa shape index (κ1) is 21.1. The first-order chi connectivity index (χ1) is 15.6. The van der Waals surface area contributed by atoms with Crippen molar-refractivity contribution in [3.8, 4) is 22.9 Å². The van der Waals surface area contributed by atoms with E-state index in [1.54, 1.807) is 23.4 Å². The highest BCUT2D eigenvalue weighted by atomic mass is 35.5. The summed E-state index contributed by atoms with van der Waals surface area (Å²) in [6.07, 6.45) is 2.86. The normalized spacial score (nSPS) is 18.4. The van der Waals surface area contributed by atoms with Gasteiger partial charge in [-0.1, -0.05) is 23.2 Å². The van der Waals surface area contributed by atoms with E-state index in [0.717, 1.165) is 22.2 Å². The summed E-state index contributed by atoms with van der Waals surface area (Å²) in [5, 5.41) is 17.4. The summed E-state index contributed by atoms with van der Waals surface area (Å²) < 4.78 is 18.8. The molecule has 9 nitrogen and oxygen atoms in total. The van der Waals surface area contributed by atoms with Gasteiger partial charge in [-0.3, -0.25) is 9.89 Å². The van der Waals surface area contributed by atoms with Crippen molar-refractivity contribution in [1.82, 2.24) is 19.7 Å². The molecule has 166 valence electrons. The third kappa shape index (κ3) is 3.49. The number of nitriles is 1. The molecular weight excluding hydrogens is 457 g/mol. The zero-order valence-corrected chi connectivity index (χ0v) is 18.4. The highest BCUT2D eigenvalue weighted by Gasteiger charge is 2.34. The number of amides is 1. The van der Waals surface area contributed by atoms with Crippen molar-refractivity contribution >= 4 is 40.0 Å². The lowest BCUT2D eigenvalue weighted by atomic mass is 10.0. The Hall–Kier alpha value is -2.77. The van der Waals surface area contributed by atoms with E-state index in [1.807, 2.05) is 6.07 Å². The molecule has 2 aliphatic heterocycles. The van der Waals surface area contributed by atoms with Crippen LogP contribution in [0.1, 0.15) is 5.69 Å². The summed E-state index contributed by atoms with van der Waals surface area (Å²) in [5.41, 5.74) is 3.24. The number of benzene rings is 1. The SMILES string of the molecule is N#CCOc1cc(Cl)c(Cl)c2c1c(-c1cn[nH]c1)c1n2CCN(C(=O)[C@@H]2COCCO2)C1. The molecule has 2 aliphatic rings. The second-order valence-corrected chi connectivity index (χ2v) is 8.28. The zero-order chi connectivity index (χ0) is 22.2. The van der Waals surface area contributed by atoms with Gasteiger partial charge >= 0.3 is 0 Å². The third-order valence-corrected chi connectivity index (χ3v) is 6.49. The van der Waals surface area contributed by atoms with Crippen LogP contribution in [0.25, 0.3) is 22.0 Å². The molecule has 11 heteroatoms. The van der Waals surface area contributed by atoms with Crippen LogP contribution in [0.4, 0.5) is 0 Å². The minimum Gasteiger partial charge on any atom is -0.478 e. The number of nitrogens with zero attached hydrogens (tertiary/aromatic N) is 4. The number of hydrogen-bond acceptors (Lipinski definition) is 6. The topological polar surface area (TPSA) is 105 Å². The standard InChI is InChI=1S/C21H19Cl2N5O4/c22-13-7-15(31-4-1-24)18-17(12-8-25-26-9-12)14-10-27(2-3-28(14)20(18)19(13)23)21(29)16-11-30-5-6-32-16/h7-9,16H,2-6,10-11H2,(H,25,26)/t16-/m0/s1. The maximum Gasteiger partial charge on any atom is 0.254 e. The Morgan fingerprint density at radius 2 is 2.25 bits per heavy atom. The lowest BCUT2D eigenvalue weighted by molar-refractivity contribution is -0.159. The molecule has 1 aromatic carbocycles. The van der Waals surface area contributed by atoms with E-state index in [-0.39, 0.29) is 19.1 Å². The molecule has 0 unspecified atom stereocenters. The Kier molecular flexibility index (Phi) is 5.69. The molecular formula is C21H19Cl2N5O4. The Labute approximate surface area is 193 Å². The molecule has 1 N–H and O–H groups in total. The molecule has 0 aliphatic carbocycles. The first-order valence-corrected chi connectivity index (χ1v) is 10.9. The first-order valence-electron chi connectivity index (χ1n) is 10.1. The second kappa shape index (κ2) is 8.64. The van der Waals surface area contributed by atoms with Crippen molar-refractivity contribution in [2.24, 2.45) is 0 Å². The van der Waals surface area contributed by atoms with E-state index >= 15 is 0 Å². The monoisotopic (exact) mass is 475 g/mol. The average molecular weight is 476 g/mol. The van der Waals surface area contributed by atoms with Crippen LogP contribution in [0.15, 0.2) is 18.5 Å². The van der Waals surface area contributed by atoms with Gasteiger partial charge in [0, 0.05) is 42.2 Å². The van der Waals surface area contributed by atoms with Crippen LogP contribution in [0.2, 0.25) is 10.0 Å². The van der Waals surface area contributed by atoms with Crippen molar-refractivity contribution in [3.63, 3.8) is 0 Å². The molecule has 4 heterocycles. The predicted molar refractivity (Wildman–Crippen MR) is 117 cm³/mol. The number of halogens is 2. The van der Waals surface area contributed by atoms with Gasteiger partial charge in [0.25, 0.3) is 5.91 Å². The Bertz CT molecular complexity index is 1210. The summed E-state index contributed by atoms with van der Waals surface area (Å²) in [6.45, 7) is 2.35. The number of H-pyrrole nitrogens is 1. The fraction of sp³-hybridized carbons (Fsp3) is 0.381. The van der Waals surface area contributed by atoms with Gasteiger partial charge in [-0.2, -0.15) is 10.4 Å².